The average molecular weight is 628 g/mol. The quantitative estimate of drug-likeness (QED) is 0.200. The molecule has 5 rings (SSSR count). The molecule has 0 aliphatic carbocycles. The van der Waals surface area contributed by atoms with Crippen LogP contribution in [-0.2, 0) is 11.4 Å². The molecule has 1 aliphatic rings. The number of aliphatic imine (C=N–C) groups is 1. The van der Waals surface area contributed by atoms with Crippen molar-refractivity contribution in [2.24, 2.45) is 4.99 Å². The van der Waals surface area contributed by atoms with E-state index in [0.29, 0.717) is 53.9 Å². The zero-order chi connectivity index (χ0) is 28.4. The van der Waals surface area contributed by atoms with E-state index in [0.717, 1.165) is 22.3 Å². The summed E-state index contributed by atoms with van der Waals surface area (Å²) in [4.78, 5) is 20.5. The van der Waals surface area contributed by atoms with Crippen LogP contribution >= 0.6 is 58.2 Å². The van der Waals surface area contributed by atoms with Gasteiger partial charge in [-0.25, -0.2) is 4.99 Å². The maximum absolute atomic E-state index is 13.7. The molecule has 4 aromatic rings. The molecule has 0 saturated carbocycles. The van der Waals surface area contributed by atoms with Gasteiger partial charge in [0.05, 0.1) is 21.3 Å². The van der Waals surface area contributed by atoms with E-state index in [1.165, 1.54) is 11.8 Å². The molecule has 1 fully saturated rings. The van der Waals surface area contributed by atoms with Crippen LogP contribution in [0.2, 0.25) is 20.1 Å². The number of aryl methyl sites for hydroxylation is 2. The van der Waals surface area contributed by atoms with Crippen molar-refractivity contribution in [3.8, 4) is 5.75 Å². The number of halogens is 4. The lowest BCUT2D eigenvalue weighted by Crippen LogP contribution is -2.28. The molecule has 0 N–H and O–H groups in total. The number of nitrogens with zero attached hydrogens (tertiary/aromatic N) is 2. The molecule has 4 aromatic carbocycles. The van der Waals surface area contributed by atoms with Crippen LogP contribution in [0.3, 0.4) is 0 Å². The second kappa shape index (κ2) is 12.3. The lowest BCUT2D eigenvalue weighted by Gasteiger charge is -2.16. The van der Waals surface area contributed by atoms with Gasteiger partial charge in [-0.05, 0) is 102 Å². The van der Waals surface area contributed by atoms with Crippen molar-refractivity contribution < 1.29 is 9.53 Å². The predicted octanol–water partition coefficient (Wildman–Crippen LogP) is 10.3. The average Bonchev–Trinajstić information content (AvgIpc) is 3.22. The summed E-state index contributed by atoms with van der Waals surface area (Å²) >= 11 is 26.5. The van der Waals surface area contributed by atoms with E-state index < -0.39 is 0 Å². The van der Waals surface area contributed by atoms with Gasteiger partial charge in [0.2, 0.25) is 0 Å². The molecule has 1 amide bonds. The number of carbonyl (C=O) groups excluding carboxylic acids is 1. The Balaban J connectivity index is 1.44. The highest BCUT2D eigenvalue weighted by molar-refractivity contribution is 8.19. The summed E-state index contributed by atoms with van der Waals surface area (Å²) in [5, 5.41) is 2.75. The third-order valence-corrected chi connectivity index (χ3v) is 8.49. The zero-order valence-electron chi connectivity index (χ0n) is 21.4. The topological polar surface area (TPSA) is 41.9 Å². The van der Waals surface area contributed by atoms with E-state index in [4.69, 9.17) is 56.1 Å². The zero-order valence-corrected chi connectivity index (χ0v) is 25.3. The largest absolute Gasteiger partial charge is 0.487 e. The van der Waals surface area contributed by atoms with E-state index in [1.54, 1.807) is 35.2 Å². The van der Waals surface area contributed by atoms with Gasteiger partial charge in [0.1, 0.15) is 12.4 Å². The first kappa shape index (κ1) is 28.6. The minimum absolute atomic E-state index is 0.221. The van der Waals surface area contributed by atoms with Crippen molar-refractivity contribution >= 4 is 86.7 Å². The Hall–Kier alpha value is -2.93. The fourth-order valence-corrected chi connectivity index (χ4v) is 5.60. The molecule has 1 heterocycles. The van der Waals surface area contributed by atoms with Gasteiger partial charge in [0, 0.05) is 15.1 Å². The highest BCUT2D eigenvalue weighted by atomic mass is 35.5. The van der Waals surface area contributed by atoms with Crippen LogP contribution in [0.15, 0.2) is 88.8 Å². The van der Waals surface area contributed by atoms with Gasteiger partial charge in [-0.15, -0.1) is 0 Å². The van der Waals surface area contributed by atoms with Crippen LogP contribution < -0.4 is 9.64 Å². The first-order valence-electron chi connectivity index (χ1n) is 12.2. The third-order valence-electron chi connectivity index (χ3n) is 6.16. The number of benzene rings is 4. The molecule has 0 unspecified atom stereocenters. The van der Waals surface area contributed by atoms with Crippen molar-refractivity contribution in [3.63, 3.8) is 0 Å². The number of ether oxygens (including phenoxy) is 1. The lowest BCUT2D eigenvalue weighted by atomic mass is 10.2. The lowest BCUT2D eigenvalue weighted by molar-refractivity contribution is -0.113. The van der Waals surface area contributed by atoms with Crippen molar-refractivity contribution in [1.82, 2.24) is 0 Å². The van der Waals surface area contributed by atoms with Crippen LogP contribution in [0.1, 0.15) is 22.3 Å². The van der Waals surface area contributed by atoms with Gasteiger partial charge >= 0.3 is 0 Å². The first-order valence-corrected chi connectivity index (χ1v) is 14.5. The Labute approximate surface area is 257 Å². The Morgan fingerprint density at radius 3 is 2.20 bits per heavy atom. The van der Waals surface area contributed by atoms with E-state index in [1.807, 2.05) is 68.4 Å². The standard InChI is InChI=1S/C31H22Cl4N2O2S/c1-18-3-10-23(15-25(18)33)36-31-37(24-11-4-19(2)26(34)16-24)30(38)29(40-31)14-21-7-12-28(27(35)13-21)39-17-20-5-8-22(32)9-6-20/h3-16H,17H2,1-2H3/b29-14+,36-31?. The van der Waals surface area contributed by atoms with Crippen molar-refractivity contribution in [2.75, 3.05) is 4.90 Å². The summed E-state index contributed by atoms with van der Waals surface area (Å²) in [6, 6.07) is 23.9. The minimum Gasteiger partial charge on any atom is -0.487 e. The van der Waals surface area contributed by atoms with Crippen LogP contribution in [0.25, 0.3) is 6.08 Å². The molecule has 202 valence electrons. The third kappa shape index (κ3) is 6.51. The number of thioether (sulfide) groups is 1. The van der Waals surface area contributed by atoms with Gasteiger partial charge in [-0.2, -0.15) is 0 Å². The van der Waals surface area contributed by atoms with E-state index in [-0.39, 0.29) is 5.91 Å². The van der Waals surface area contributed by atoms with Crippen LogP contribution in [-0.4, -0.2) is 11.1 Å². The Bertz CT molecular complexity index is 1670. The molecule has 1 aliphatic heterocycles. The highest BCUT2D eigenvalue weighted by Crippen LogP contribution is 2.39. The highest BCUT2D eigenvalue weighted by Gasteiger charge is 2.35. The number of hydrogen-bond acceptors (Lipinski definition) is 4. The SMILES string of the molecule is Cc1ccc(N=C2S/C(=C/c3ccc(OCc4ccc(Cl)cc4)c(Cl)c3)C(=O)N2c2ccc(C)c(Cl)c2)cc1Cl. The van der Waals surface area contributed by atoms with Gasteiger partial charge in [-0.3, -0.25) is 9.69 Å². The van der Waals surface area contributed by atoms with Crippen LogP contribution in [0, 0.1) is 13.8 Å². The van der Waals surface area contributed by atoms with Gasteiger partial charge in [0.25, 0.3) is 5.91 Å². The second-order valence-corrected chi connectivity index (χ2v) is 11.8. The molecule has 0 aromatic heterocycles. The second-order valence-electron chi connectivity index (χ2n) is 9.12. The summed E-state index contributed by atoms with van der Waals surface area (Å²) in [5.74, 6) is 0.319. The fraction of sp³-hybridized carbons (Fsp3) is 0.0968. The Morgan fingerprint density at radius 1 is 0.825 bits per heavy atom. The smallest absolute Gasteiger partial charge is 0.271 e. The number of anilines is 1. The van der Waals surface area contributed by atoms with Crippen LogP contribution in [0.4, 0.5) is 11.4 Å². The summed E-state index contributed by atoms with van der Waals surface area (Å²) in [6.07, 6.45) is 1.79. The summed E-state index contributed by atoms with van der Waals surface area (Å²) < 4.78 is 5.89. The normalized spacial score (nSPS) is 15.3. The molecular weight excluding hydrogens is 606 g/mol. The molecular formula is C31H22Cl4N2O2S. The van der Waals surface area contributed by atoms with Crippen molar-refractivity contribution in [3.05, 3.63) is 126 Å². The molecule has 0 spiro atoms. The Morgan fingerprint density at radius 2 is 1.52 bits per heavy atom. The minimum atomic E-state index is -0.221. The molecule has 40 heavy (non-hydrogen) atoms. The number of carbonyl (C=O) groups is 1. The van der Waals surface area contributed by atoms with Crippen molar-refractivity contribution in [2.45, 2.75) is 20.5 Å². The van der Waals surface area contributed by atoms with Crippen LogP contribution in [0.5, 0.6) is 5.75 Å². The van der Waals surface area contributed by atoms with Gasteiger partial charge in [0.15, 0.2) is 5.17 Å². The van der Waals surface area contributed by atoms with E-state index >= 15 is 0 Å². The van der Waals surface area contributed by atoms with Crippen molar-refractivity contribution in [1.29, 1.82) is 0 Å². The fourth-order valence-electron chi connectivity index (χ4n) is 3.88. The molecule has 1 saturated heterocycles. The molecule has 9 heteroatoms. The van der Waals surface area contributed by atoms with E-state index in [2.05, 4.69) is 0 Å². The summed E-state index contributed by atoms with van der Waals surface area (Å²) in [5.41, 5.74) is 4.84. The predicted molar refractivity (Wildman–Crippen MR) is 170 cm³/mol. The summed E-state index contributed by atoms with van der Waals surface area (Å²) in [7, 11) is 0. The number of amidine groups is 1. The molecule has 4 nitrogen and oxygen atoms in total. The van der Waals surface area contributed by atoms with Gasteiger partial charge in [-0.1, -0.05) is 76.7 Å². The Kier molecular flexibility index (Phi) is 8.79. The number of rotatable bonds is 6. The molecule has 0 atom stereocenters. The monoisotopic (exact) mass is 626 g/mol. The number of amides is 1. The maximum Gasteiger partial charge on any atom is 0.271 e. The maximum atomic E-state index is 13.7. The van der Waals surface area contributed by atoms with E-state index in [9.17, 15) is 4.79 Å². The van der Waals surface area contributed by atoms with Gasteiger partial charge < -0.3 is 4.74 Å². The molecule has 0 radical (unpaired) electrons. The first-order chi connectivity index (χ1) is 19.2. The number of hydrogen-bond donors (Lipinski definition) is 0. The summed E-state index contributed by atoms with van der Waals surface area (Å²) in [6.45, 7) is 4.18. The molecule has 0 bridgehead atoms.